The van der Waals surface area contributed by atoms with Gasteiger partial charge in [-0.05, 0) is 55.1 Å². The van der Waals surface area contributed by atoms with Crippen LogP contribution in [-0.2, 0) is 6.61 Å². The first-order chi connectivity index (χ1) is 16.7. The van der Waals surface area contributed by atoms with Crippen molar-refractivity contribution in [2.45, 2.75) is 19.4 Å². The van der Waals surface area contributed by atoms with E-state index in [1.54, 1.807) is 18.4 Å². The quantitative estimate of drug-likeness (QED) is 0.405. The fourth-order valence-electron chi connectivity index (χ4n) is 4.17. The molecule has 0 unspecified atom stereocenters. The van der Waals surface area contributed by atoms with E-state index in [0.717, 1.165) is 73.2 Å². The zero-order valence-corrected chi connectivity index (χ0v) is 20.6. The summed E-state index contributed by atoms with van der Waals surface area (Å²) in [7, 11) is 1.69. The fraction of sp³-hybridized carbons (Fsp3) is 0.370. The van der Waals surface area contributed by atoms with Gasteiger partial charge in [0.1, 0.15) is 18.1 Å². The normalized spacial score (nSPS) is 14.1. The van der Waals surface area contributed by atoms with Crippen LogP contribution in [0.2, 0.25) is 0 Å². The molecule has 1 aliphatic heterocycles. The molecular formula is C27H33N3O3S. The summed E-state index contributed by atoms with van der Waals surface area (Å²) < 4.78 is 11.6. The molecule has 0 spiro atoms. The smallest absolute Gasteiger partial charge is 0.251 e. The maximum atomic E-state index is 12.1. The van der Waals surface area contributed by atoms with E-state index in [1.807, 2.05) is 53.9 Å². The van der Waals surface area contributed by atoms with E-state index in [0.29, 0.717) is 13.2 Å². The van der Waals surface area contributed by atoms with Crippen LogP contribution in [0.25, 0.3) is 0 Å². The molecule has 0 saturated carbocycles. The Labute approximate surface area is 206 Å². The highest BCUT2D eigenvalue weighted by Crippen LogP contribution is 2.32. The van der Waals surface area contributed by atoms with Gasteiger partial charge in [-0.25, -0.2) is 0 Å². The molecule has 7 heteroatoms. The second-order valence-electron chi connectivity index (χ2n) is 8.33. The highest BCUT2D eigenvalue weighted by molar-refractivity contribution is 7.10. The number of carbonyl (C=O) groups is 1. The van der Waals surface area contributed by atoms with Crippen LogP contribution < -0.4 is 19.7 Å². The van der Waals surface area contributed by atoms with E-state index in [2.05, 4.69) is 27.2 Å². The van der Waals surface area contributed by atoms with Gasteiger partial charge in [-0.15, -0.1) is 11.3 Å². The number of carbonyl (C=O) groups excluding carboxylic acids is 1. The molecule has 0 aliphatic carbocycles. The minimum absolute atomic E-state index is 0.00706. The first-order valence-electron chi connectivity index (χ1n) is 11.9. The topological polar surface area (TPSA) is 54.0 Å². The molecule has 1 fully saturated rings. The molecule has 1 saturated heterocycles. The number of ether oxygens (including phenoxy) is 2. The van der Waals surface area contributed by atoms with Crippen molar-refractivity contribution in [1.82, 2.24) is 10.2 Å². The SMILES string of the molecule is COc1ccsc1COc1ccccc1N1CCN(CCCCNC(=O)c2ccccc2)CC1. The van der Waals surface area contributed by atoms with Gasteiger partial charge >= 0.3 is 0 Å². The van der Waals surface area contributed by atoms with Crippen molar-refractivity contribution in [2.24, 2.45) is 0 Å². The monoisotopic (exact) mass is 479 g/mol. The van der Waals surface area contributed by atoms with Crippen LogP contribution in [0.4, 0.5) is 5.69 Å². The van der Waals surface area contributed by atoms with Gasteiger partial charge in [0, 0.05) is 38.3 Å². The number of nitrogens with zero attached hydrogens (tertiary/aromatic N) is 2. The molecule has 2 heterocycles. The van der Waals surface area contributed by atoms with Gasteiger partial charge < -0.3 is 19.7 Å². The molecule has 1 amide bonds. The zero-order chi connectivity index (χ0) is 23.6. The molecule has 1 aromatic heterocycles. The van der Waals surface area contributed by atoms with Crippen molar-refractivity contribution in [2.75, 3.05) is 51.3 Å². The predicted octanol–water partition coefficient (Wildman–Crippen LogP) is 4.67. The summed E-state index contributed by atoms with van der Waals surface area (Å²) in [5, 5.41) is 5.04. The van der Waals surface area contributed by atoms with Gasteiger partial charge in [-0.3, -0.25) is 9.69 Å². The maximum Gasteiger partial charge on any atom is 0.251 e. The largest absolute Gasteiger partial charge is 0.495 e. The second-order valence-corrected chi connectivity index (χ2v) is 9.33. The zero-order valence-electron chi connectivity index (χ0n) is 19.7. The summed E-state index contributed by atoms with van der Waals surface area (Å²) >= 11 is 1.65. The van der Waals surface area contributed by atoms with Gasteiger partial charge in [0.2, 0.25) is 0 Å². The highest BCUT2D eigenvalue weighted by atomic mass is 32.1. The Morgan fingerprint density at radius 2 is 1.71 bits per heavy atom. The average Bonchev–Trinajstić information content (AvgIpc) is 3.36. The van der Waals surface area contributed by atoms with Crippen LogP contribution in [0.1, 0.15) is 28.1 Å². The third kappa shape index (κ3) is 6.52. The van der Waals surface area contributed by atoms with Gasteiger partial charge in [0.25, 0.3) is 5.91 Å². The molecule has 0 bridgehead atoms. The first kappa shape index (κ1) is 24.1. The number of rotatable bonds is 11. The average molecular weight is 480 g/mol. The molecule has 2 aromatic carbocycles. The molecule has 180 valence electrons. The van der Waals surface area contributed by atoms with Crippen LogP contribution in [-0.4, -0.2) is 57.2 Å². The molecule has 3 aromatic rings. The molecule has 0 atom stereocenters. The maximum absolute atomic E-state index is 12.1. The third-order valence-electron chi connectivity index (χ3n) is 6.08. The van der Waals surface area contributed by atoms with Crippen molar-refractivity contribution < 1.29 is 14.3 Å². The Hall–Kier alpha value is -3.03. The van der Waals surface area contributed by atoms with E-state index >= 15 is 0 Å². The fourth-order valence-corrected chi connectivity index (χ4v) is 4.92. The number of nitrogens with one attached hydrogen (secondary N) is 1. The molecule has 34 heavy (non-hydrogen) atoms. The molecule has 4 rings (SSSR count). The minimum Gasteiger partial charge on any atom is -0.495 e. The lowest BCUT2D eigenvalue weighted by atomic mass is 10.2. The number of unbranched alkanes of at least 4 members (excludes halogenated alkanes) is 1. The minimum atomic E-state index is 0.00706. The van der Waals surface area contributed by atoms with Gasteiger partial charge in [-0.1, -0.05) is 30.3 Å². The van der Waals surface area contributed by atoms with Crippen molar-refractivity contribution in [3.8, 4) is 11.5 Å². The lowest BCUT2D eigenvalue weighted by molar-refractivity contribution is 0.0952. The van der Waals surface area contributed by atoms with E-state index in [9.17, 15) is 4.79 Å². The number of methoxy groups -OCH3 is 1. The highest BCUT2D eigenvalue weighted by Gasteiger charge is 2.19. The van der Waals surface area contributed by atoms with Crippen LogP contribution in [0.5, 0.6) is 11.5 Å². The summed E-state index contributed by atoms with van der Waals surface area (Å²) in [6.45, 7) is 6.31. The second kappa shape index (κ2) is 12.4. The Balaban J connectivity index is 1.18. The van der Waals surface area contributed by atoms with Crippen LogP contribution in [0.3, 0.4) is 0 Å². The number of hydrogen-bond acceptors (Lipinski definition) is 6. The van der Waals surface area contributed by atoms with Crippen LogP contribution in [0.15, 0.2) is 66.0 Å². The molecule has 1 N–H and O–H groups in total. The van der Waals surface area contributed by atoms with Crippen molar-refractivity contribution in [3.05, 3.63) is 76.5 Å². The Morgan fingerprint density at radius 3 is 2.50 bits per heavy atom. The first-order valence-corrected chi connectivity index (χ1v) is 12.8. The summed E-state index contributed by atoms with van der Waals surface area (Å²) in [6.07, 6.45) is 2.07. The Bertz CT molecular complexity index is 1030. The van der Waals surface area contributed by atoms with Gasteiger partial charge in [0.05, 0.1) is 17.7 Å². The summed E-state index contributed by atoms with van der Waals surface area (Å²) in [5.41, 5.74) is 1.87. The van der Waals surface area contributed by atoms with Crippen LogP contribution in [0, 0.1) is 0 Å². The van der Waals surface area contributed by atoms with Crippen molar-refractivity contribution in [1.29, 1.82) is 0 Å². The van der Waals surface area contributed by atoms with Gasteiger partial charge in [0.15, 0.2) is 0 Å². The number of benzene rings is 2. The standard InChI is InChI=1S/C27H33N3O3S/c1-32-25-13-20-34-26(25)21-33-24-12-6-5-11-23(24)30-18-16-29(17-19-30)15-8-7-14-28-27(31)22-9-3-2-4-10-22/h2-6,9-13,20H,7-8,14-19,21H2,1H3,(H,28,31). The van der Waals surface area contributed by atoms with E-state index < -0.39 is 0 Å². The van der Waals surface area contributed by atoms with Crippen molar-refractivity contribution >= 4 is 22.9 Å². The number of hydrogen-bond donors (Lipinski definition) is 1. The number of piperazine rings is 1. The molecular weight excluding hydrogens is 446 g/mol. The van der Waals surface area contributed by atoms with Crippen molar-refractivity contribution in [3.63, 3.8) is 0 Å². The van der Waals surface area contributed by atoms with E-state index in [-0.39, 0.29) is 5.91 Å². The Kier molecular flexibility index (Phi) is 8.82. The third-order valence-corrected chi connectivity index (χ3v) is 6.96. The number of anilines is 1. The van der Waals surface area contributed by atoms with E-state index in [4.69, 9.17) is 9.47 Å². The predicted molar refractivity (Wildman–Crippen MR) is 138 cm³/mol. The molecule has 1 aliphatic rings. The lowest BCUT2D eigenvalue weighted by Gasteiger charge is -2.36. The molecule has 0 radical (unpaired) electrons. The lowest BCUT2D eigenvalue weighted by Crippen LogP contribution is -2.46. The molecule has 6 nitrogen and oxygen atoms in total. The van der Waals surface area contributed by atoms with Gasteiger partial charge in [-0.2, -0.15) is 0 Å². The number of thiophene rings is 1. The summed E-state index contributed by atoms with van der Waals surface area (Å²) in [6, 6.07) is 19.7. The summed E-state index contributed by atoms with van der Waals surface area (Å²) in [5.74, 6) is 1.81. The number of para-hydroxylation sites is 2. The number of amides is 1. The van der Waals surface area contributed by atoms with Crippen LogP contribution >= 0.6 is 11.3 Å². The Morgan fingerprint density at radius 1 is 0.941 bits per heavy atom. The summed E-state index contributed by atoms with van der Waals surface area (Å²) in [4.78, 5) is 18.1. The van der Waals surface area contributed by atoms with E-state index in [1.165, 1.54) is 0 Å².